The molecule has 9 heteroatoms. The number of alkyl halides is 3. The van der Waals surface area contributed by atoms with Gasteiger partial charge in [0.05, 0.1) is 31.6 Å². The summed E-state index contributed by atoms with van der Waals surface area (Å²) in [7, 11) is 1.50. The summed E-state index contributed by atoms with van der Waals surface area (Å²) in [6, 6.07) is 2.50. The van der Waals surface area contributed by atoms with Gasteiger partial charge in [-0.25, -0.2) is 4.98 Å². The van der Waals surface area contributed by atoms with Gasteiger partial charge in [-0.3, -0.25) is 0 Å². The van der Waals surface area contributed by atoms with Crippen LogP contribution in [-0.2, 0) is 6.18 Å². The monoisotopic (exact) mass is 354 g/mol. The summed E-state index contributed by atoms with van der Waals surface area (Å²) in [6.45, 7) is 0.777. The molecule has 1 unspecified atom stereocenters. The zero-order valence-electron chi connectivity index (χ0n) is 13.5. The van der Waals surface area contributed by atoms with Crippen molar-refractivity contribution in [2.75, 3.05) is 25.1 Å². The number of hydrogen-bond acceptors (Lipinski definition) is 6. The van der Waals surface area contributed by atoms with Gasteiger partial charge in [-0.15, -0.1) is 0 Å². The molecule has 134 valence electrons. The number of piperidine rings is 1. The highest BCUT2D eigenvalue weighted by Gasteiger charge is 2.36. The Bertz CT molecular complexity index is 709. The van der Waals surface area contributed by atoms with E-state index in [4.69, 9.17) is 9.47 Å². The van der Waals surface area contributed by atoms with Crippen LogP contribution in [0, 0.1) is 0 Å². The van der Waals surface area contributed by atoms with Gasteiger partial charge < -0.3 is 14.4 Å². The lowest BCUT2D eigenvalue weighted by molar-refractivity contribution is -0.137. The normalized spacial score (nSPS) is 18.1. The number of methoxy groups -OCH3 is 1. The average Bonchev–Trinajstić information content (AvgIpc) is 2.62. The van der Waals surface area contributed by atoms with Gasteiger partial charge in [0.2, 0.25) is 0 Å². The lowest BCUT2D eigenvalue weighted by Gasteiger charge is -2.34. The Morgan fingerprint density at radius 3 is 2.64 bits per heavy atom. The topological polar surface area (TPSA) is 60.4 Å². The molecule has 0 bridgehead atoms. The maximum Gasteiger partial charge on any atom is 0.419 e. The molecule has 2 aromatic heterocycles. The van der Waals surface area contributed by atoms with Gasteiger partial charge >= 0.3 is 12.2 Å². The van der Waals surface area contributed by atoms with Crippen molar-refractivity contribution in [2.24, 2.45) is 0 Å². The summed E-state index contributed by atoms with van der Waals surface area (Å²) in [5, 5.41) is 0. The van der Waals surface area contributed by atoms with E-state index in [9.17, 15) is 13.2 Å². The largest absolute Gasteiger partial charge is 0.494 e. The molecule has 2 aromatic rings. The summed E-state index contributed by atoms with van der Waals surface area (Å²) in [5.41, 5.74) is -0.739. The Kier molecular flexibility index (Phi) is 4.91. The Labute approximate surface area is 142 Å². The molecule has 0 radical (unpaired) electrons. The zero-order chi connectivity index (χ0) is 17.9. The van der Waals surface area contributed by atoms with Crippen molar-refractivity contribution in [3.05, 3.63) is 36.3 Å². The zero-order valence-corrected chi connectivity index (χ0v) is 13.5. The van der Waals surface area contributed by atoms with Crippen LogP contribution in [0.2, 0.25) is 0 Å². The summed E-state index contributed by atoms with van der Waals surface area (Å²) in [5.74, 6) is 0.430. The molecule has 0 aromatic carbocycles. The minimum Gasteiger partial charge on any atom is -0.494 e. The summed E-state index contributed by atoms with van der Waals surface area (Å²) in [4.78, 5) is 13.6. The van der Waals surface area contributed by atoms with Gasteiger partial charge in [0.25, 0.3) is 0 Å². The highest BCUT2D eigenvalue weighted by molar-refractivity contribution is 5.48. The maximum atomic E-state index is 13.2. The third kappa shape index (κ3) is 4.09. The maximum absolute atomic E-state index is 13.2. The quantitative estimate of drug-likeness (QED) is 0.841. The van der Waals surface area contributed by atoms with E-state index in [2.05, 4.69) is 15.0 Å². The number of pyridine rings is 1. The van der Waals surface area contributed by atoms with Crippen molar-refractivity contribution in [3.8, 4) is 11.8 Å². The summed E-state index contributed by atoms with van der Waals surface area (Å²) in [6.07, 6.45) is 0.949. The van der Waals surface area contributed by atoms with Gasteiger partial charge in [0.1, 0.15) is 11.9 Å². The summed E-state index contributed by atoms with van der Waals surface area (Å²) >= 11 is 0. The average molecular weight is 354 g/mol. The SMILES string of the molecule is COc1cnc(OC2CCCN(c3ncccc3C(F)(F)F)C2)nc1. The minimum absolute atomic E-state index is 0.0704. The van der Waals surface area contributed by atoms with Crippen molar-refractivity contribution in [2.45, 2.75) is 25.1 Å². The van der Waals surface area contributed by atoms with Crippen molar-refractivity contribution >= 4 is 5.82 Å². The highest BCUT2D eigenvalue weighted by atomic mass is 19.4. The van der Waals surface area contributed by atoms with E-state index in [0.29, 0.717) is 25.1 Å². The second-order valence-corrected chi connectivity index (χ2v) is 5.61. The third-order valence-corrected chi connectivity index (χ3v) is 3.88. The first-order valence-corrected chi connectivity index (χ1v) is 7.77. The smallest absolute Gasteiger partial charge is 0.419 e. The van der Waals surface area contributed by atoms with Crippen LogP contribution in [0.25, 0.3) is 0 Å². The minimum atomic E-state index is -4.45. The molecule has 1 atom stereocenters. The van der Waals surface area contributed by atoms with Crippen LogP contribution in [-0.4, -0.2) is 41.3 Å². The second-order valence-electron chi connectivity index (χ2n) is 5.61. The molecule has 3 heterocycles. The molecule has 0 amide bonds. The van der Waals surface area contributed by atoms with E-state index < -0.39 is 11.7 Å². The second kappa shape index (κ2) is 7.12. The number of ether oxygens (including phenoxy) is 2. The molecule has 0 N–H and O–H groups in total. The molecule has 1 aliphatic rings. The van der Waals surface area contributed by atoms with E-state index in [1.54, 1.807) is 4.90 Å². The van der Waals surface area contributed by atoms with Crippen molar-refractivity contribution in [1.82, 2.24) is 15.0 Å². The standard InChI is InChI=1S/C16H17F3N4O2/c1-24-12-8-21-15(22-9-12)25-11-4-3-7-23(10-11)14-13(16(17,18)19)5-2-6-20-14/h2,5-6,8-9,11H,3-4,7,10H2,1H3. The fourth-order valence-electron chi connectivity index (χ4n) is 2.72. The lowest BCUT2D eigenvalue weighted by Crippen LogP contribution is -2.42. The number of aromatic nitrogens is 3. The van der Waals surface area contributed by atoms with Gasteiger partial charge in [-0.05, 0) is 25.0 Å². The molecule has 1 saturated heterocycles. The number of halogens is 3. The van der Waals surface area contributed by atoms with Crippen LogP contribution < -0.4 is 14.4 Å². The van der Waals surface area contributed by atoms with Gasteiger partial charge in [-0.2, -0.15) is 23.1 Å². The molecule has 1 aliphatic heterocycles. The lowest BCUT2D eigenvalue weighted by atomic mass is 10.1. The Hall–Kier alpha value is -2.58. The fourth-order valence-corrected chi connectivity index (χ4v) is 2.72. The Morgan fingerprint density at radius 2 is 1.96 bits per heavy atom. The molecule has 6 nitrogen and oxygen atoms in total. The molecule has 25 heavy (non-hydrogen) atoms. The Morgan fingerprint density at radius 1 is 1.20 bits per heavy atom. The number of rotatable bonds is 4. The highest BCUT2D eigenvalue weighted by Crippen LogP contribution is 2.36. The van der Waals surface area contributed by atoms with Crippen LogP contribution in [0.3, 0.4) is 0 Å². The molecule has 1 fully saturated rings. The fraction of sp³-hybridized carbons (Fsp3) is 0.438. The predicted molar refractivity (Wildman–Crippen MR) is 83.7 cm³/mol. The van der Waals surface area contributed by atoms with Crippen LogP contribution in [0.15, 0.2) is 30.7 Å². The number of nitrogens with zero attached hydrogens (tertiary/aromatic N) is 4. The number of anilines is 1. The van der Waals surface area contributed by atoms with Crippen LogP contribution in [0.4, 0.5) is 19.0 Å². The van der Waals surface area contributed by atoms with Crippen LogP contribution in [0.1, 0.15) is 18.4 Å². The molecular weight excluding hydrogens is 337 g/mol. The van der Waals surface area contributed by atoms with Crippen molar-refractivity contribution in [3.63, 3.8) is 0 Å². The van der Waals surface area contributed by atoms with Gasteiger partial charge in [-0.1, -0.05) is 0 Å². The Balaban J connectivity index is 1.73. The van der Waals surface area contributed by atoms with Crippen molar-refractivity contribution < 1.29 is 22.6 Å². The molecule has 0 aliphatic carbocycles. The predicted octanol–water partition coefficient (Wildman–Crippen LogP) is 2.95. The first-order valence-electron chi connectivity index (χ1n) is 7.77. The van der Waals surface area contributed by atoms with E-state index in [1.165, 1.54) is 31.8 Å². The van der Waals surface area contributed by atoms with Crippen molar-refractivity contribution in [1.29, 1.82) is 0 Å². The third-order valence-electron chi connectivity index (χ3n) is 3.88. The molecule has 0 saturated carbocycles. The van der Waals surface area contributed by atoms with Crippen LogP contribution >= 0.6 is 0 Å². The molecule has 3 rings (SSSR count). The summed E-state index contributed by atoms with van der Waals surface area (Å²) < 4.78 is 50.2. The van der Waals surface area contributed by atoms with E-state index in [0.717, 1.165) is 6.07 Å². The van der Waals surface area contributed by atoms with E-state index in [-0.39, 0.29) is 24.5 Å². The molecule has 0 spiro atoms. The van der Waals surface area contributed by atoms with Gasteiger partial charge in [0, 0.05) is 12.7 Å². The van der Waals surface area contributed by atoms with E-state index >= 15 is 0 Å². The molecular formula is C16H17F3N4O2. The first-order chi connectivity index (χ1) is 12.0. The van der Waals surface area contributed by atoms with Crippen LogP contribution in [0.5, 0.6) is 11.8 Å². The van der Waals surface area contributed by atoms with Gasteiger partial charge in [0.15, 0.2) is 5.75 Å². The first kappa shape index (κ1) is 17.2. The number of hydrogen-bond donors (Lipinski definition) is 0. The van der Waals surface area contributed by atoms with E-state index in [1.807, 2.05) is 0 Å².